The van der Waals surface area contributed by atoms with Crippen LogP contribution in [-0.4, -0.2) is 35.1 Å². The summed E-state index contributed by atoms with van der Waals surface area (Å²) in [6, 6.07) is 9.58. The van der Waals surface area contributed by atoms with Crippen molar-refractivity contribution in [1.82, 2.24) is 20.6 Å². The van der Waals surface area contributed by atoms with Crippen LogP contribution in [0.15, 0.2) is 36.5 Å². The summed E-state index contributed by atoms with van der Waals surface area (Å²) in [7, 11) is 0. The van der Waals surface area contributed by atoms with Crippen LogP contribution in [0, 0.1) is 0 Å². The Morgan fingerprint density at radius 3 is 2.67 bits per heavy atom. The van der Waals surface area contributed by atoms with Gasteiger partial charge in [-0.3, -0.25) is 4.79 Å². The molecule has 3 N–H and O–H groups in total. The normalized spacial score (nSPS) is 11.6. The van der Waals surface area contributed by atoms with Gasteiger partial charge in [0.15, 0.2) is 0 Å². The van der Waals surface area contributed by atoms with E-state index in [0.717, 1.165) is 11.3 Å². The van der Waals surface area contributed by atoms with Gasteiger partial charge in [0, 0.05) is 0 Å². The van der Waals surface area contributed by atoms with Crippen molar-refractivity contribution in [2.75, 3.05) is 13.2 Å². The summed E-state index contributed by atoms with van der Waals surface area (Å²) in [6.45, 7) is 3.78. The Morgan fingerprint density at radius 1 is 1.25 bits per heavy atom. The standard InChI is InChI=1S/C17H22N4O3/c1-3-13(20-15(22)11-19-17(23)24-4-2)16-18-10-14(21-16)12-8-6-5-7-9-12/h5-10,13H,3-4,11H2,1-2H3,(H,18,21)(H,19,23)(H,20,22). The number of carbonyl (C=O) groups excluding carboxylic acids is 2. The van der Waals surface area contributed by atoms with Crippen molar-refractivity contribution in [3.05, 3.63) is 42.4 Å². The van der Waals surface area contributed by atoms with E-state index in [4.69, 9.17) is 4.74 Å². The highest BCUT2D eigenvalue weighted by molar-refractivity contribution is 5.82. The number of aromatic amines is 1. The zero-order valence-corrected chi connectivity index (χ0v) is 13.8. The number of alkyl carbamates (subject to hydrolysis) is 1. The third-order valence-electron chi connectivity index (χ3n) is 3.42. The van der Waals surface area contributed by atoms with Crippen molar-refractivity contribution in [2.24, 2.45) is 0 Å². The number of carbonyl (C=O) groups is 2. The van der Waals surface area contributed by atoms with Gasteiger partial charge in [0.2, 0.25) is 5.91 Å². The van der Waals surface area contributed by atoms with Gasteiger partial charge in [-0.2, -0.15) is 0 Å². The van der Waals surface area contributed by atoms with Crippen molar-refractivity contribution in [3.63, 3.8) is 0 Å². The highest BCUT2D eigenvalue weighted by Crippen LogP contribution is 2.20. The molecule has 0 aliphatic heterocycles. The molecule has 0 bridgehead atoms. The molecule has 7 nitrogen and oxygen atoms in total. The van der Waals surface area contributed by atoms with E-state index in [-0.39, 0.29) is 25.1 Å². The molecular formula is C17H22N4O3. The van der Waals surface area contributed by atoms with Crippen molar-refractivity contribution < 1.29 is 14.3 Å². The first-order valence-electron chi connectivity index (χ1n) is 7.94. The van der Waals surface area contributed by atoms with E-state index in [9.17, 15) is 9.59 Å². The van der Waals surface area contributed by atoms with E-state index in [2.05, 4.69) is 20.6 Å². The van der Waals surface area contributed by atoms with Crippen molar-refractivity contribution >= 4 is 12.0 Å². The maximum atomic E-state index is 11.9. The Morgan fingerprint density at radius 2 is 2.00 bits per heavy atom. The molecule has 0 radical (unpaired) electrons. The minimum atomic E-state index is -0.606. The highest BCUT2D eigenvalue weighted by atomic mass is 16.5. The summed E-state index contributed by atoms with van der Waals surface area (Å²) in [6.07, 6.45) is 1.81. The molecule has 0 fully saturated rings. The van der Waals surface area contributed by atoms with Crippen LogP contribution in [0.5, 0.6) is 0 Å². The average molecular weight is 330 g/mol. The van der Waals surface area contributed by atoms with E-state index in [0.29, 0.717) is 12.2 Å². The molecule has 24 heavy (non-hydrogen) atoms. The third-order valence-corrected chi connectivity index (χ3v) is 3.42. The van der Waals surface area contributed by atoms with Gasteiger partial charge in [-0.15, -0.1) is 0 Å². The lowest BCUT2D eigenvalue weighted by atomic mass is 10.2. The van der Waals surface area contributed by atoms with E-state index < -0.39 is 6.09 Å². The molecule has 7 heteroatoms. The largest absolute Gasteiger partial charge is 0.450 e. The number of ether oxygens (including phenoxy) is 1. The maximum absolute atomic E-state index is 11.9. The fourth-order valence-corrected chi connectivity index (χ4v) is 2.22. The fraction of sp³-hybridized carbons (Fsp3) is 0.353. The lowest BCUT2D eigenvalue weighted by Gasteiger charge is -2.15. The van der Waals surface area contributed by atoms with Gasteiger partial charge in [0.25, 0.3) is 0 Å². The summed E-state index contributed by atoms with van der Waals surface area (Å²) in [5, 5.41) is 5.23. The van der Waals surface area contributed by atoms with Crippen molar-refractivity contribution in [2.45, 2.75) is 26.3 Å². The Balaban J connectivity index is 1.95. The number of hydrogen-bond donors (Lipinski definition) is 3. The molecule has 2 rings (SSSR count). The van der Waals surface area contributed by atoms with Crippen LogP contribution >= 0.6 is 0 Å². The lowest BCUT2D eigenvalue weighted by Crippen LogP contribution is -2.39. The third kappa shape index (κ3) is 4.84. The number of benzene rings is 1. The second-order valence-electron chi connectivity index (χ2n) is 5.15. The first kappa shape index (κ1) is 17.5. The Labute approximate surface area is 140 Å². The van der Waals surface area contributed by atoms with Crippen molar-refractivity contribution in [1.29, 1.82) is 0 Å². The van der Waals surface area contributed by atoms with Crippen LogP contribution in [-0.2, 0) is 9.53 Å². The minimum absolute atomic E-state index is 0.137. The SMILES string of the molecule is CCOC(=O)NCC(=O)NC(CC)c1ncc(-c2ccccc2)[nH]1. The van der Waals surface area contributed by atoms with Crippen LogP contribution in [0.1, 0.15) is 32.1 Å². The molecular weight excluding hydrogens is 308 g/mol. The van der Waals surface area contributed by atoms with Crippen LogP contribution in [0.2, 0.25) is 0 Å². The number of rotatable bonds is 7. The molecule has 0 saturated heterocycles. The second-order valence-corrected chi connectivity index (χ2v) is 5.15. The number of nitrogens with zero attached hydrogens (tertiary/aromatic N) is 1. The highest BCUT2D eigenvalue weighted by Gasteiger charge is 2.17. The smallest absolute Gasteiger partial charge is 0.407 e. The summed E-state index contributed by atoms with van der Waals surface area (Å²) in [5.74, 6) is 0.383. The van der Waals surface area contributed by atoms with Gasteiger partial charge in [0.05, 0.1) is 24.5 Å². The van der Waals surface area contributed by atoms with Gasteiger partial charge in [-0.25, -0.2) is 9.78 Å². The van der Waals surface area contributed by atoms with Gasteiger partial charge >= 0.3 is 6.09 Å². The Hall–Kier alpha value is -2.83. The number of nitrogens with one attached hydrogen (secondary N) is 3. The van der Waals surface area contributed by atoms with E-state index in [1.165, 1.54) is 0 Å². The first-order valence-corrected chi connectivity index (χ1v) is 7.94. The van der Waals surface area contributed by atoms with Gasteiger partial charge in [-0.1, -0.05) is 37.3 Å². The molecule has 0 aliphatic carbocycles. The monoisotopic (exact) mass is 330 g/mol. The summed E-state index contributed by atoms with van der Waals surface area (Å²) in [4.78, 5) is 30.7. The number of imidazole rings is 1. The van der Waals surface area contributed by atoms with E-state index in [1.54, 1.807) is 13.1 Å². The van der Waals surface area contributed by atoms with Gasteiger partial charge in [0.1, 0.15) is 12.4 Å². The Bertz CT molecular complexity index is 669. The second kappa shape index (κ2) is 8.71. The van der Waals surface area contributed by atoms with Crippen molar-refractivity contribution in [3.8, 4) is 11.3 Å². The maximum Gasteiger partial charge on any atom is 0.407 e. The zero-order valence-electron chi connectivity index (χ0n) is 13.8. The lowest BCUT2D eigenvalue weighted by molar-refractivity contribution is -0.121. The van der Waals surface area contributed by atoms with Crippen LogP contribution in [0.3, 0.4) is 0 Å². The molecule has 2 amide bonds. The summed E-state index contributed by atoms with van der Waals surface area (Å²) < 4.78 is 4.71. The molecule has 1 aromatic carbocycles. The number of aromatic nitrogens is 2. The van der Waals surface area contributed by atoms with Gasteiger partial charge < -0.3 is 20.4 Å². The molecule has 1 atom stereocenters. The van der Waals surface area contributed by atoms with E-state index >= 15 is 0 Å². The Kier molecular flexibility index (Phi) is 6.36. The number of H-pyrrole nitrogens is 1. The summed E-state index contributed by atoms with van der Waals surface area (Å²) >= 11 is 0. The van der Waals surface area contributed by atoms with Crippen LogP contribution in [0.25, 0.3) is 11.3 Å². The number of hydrogen-bond acceptors (Lipinski definition) is 4. The molecule has 1 aromatic heterocycles. The molecule has 0 spiro atoms. The van der Waals surface area contributed by atoms with E-state index in [1.807, 2.05) is 37.3 Å². The molecule has 1 heterocycles. The molecule has 128 valence electrons. The average Bonchev–Trinajstić information content (AvgIpc) is 3.09. The summed E-state index contributed by atoms with van der Waals surface area (Å²) in [5.41, 5.74) is 1.92. The number of amides is 2. The van der Waals surface area contributed by atoms with Gasteiger partial charge in [-0.05, 0) is 18.9 Å². The molecule has 0 aliphatic rings. The molecule has 1 unspecified atom stereocenters. The zero-order chi connectivity index (χ0) is 17.4. The molecule has 2 aromatic rings. The quantitative estimate of drug-likeness (QED) is 0.726. The van der Waals surface area contributed by atoms with Crippen LogP contribution < -0.4 is 10.6 Å². The minimum Gasteiger partial charge on any atom is -0.450 e. The fourth-order valence-electron chi connectivity index (χ4n) is 2.22. The predicted octanol–water partition coefficient (Wildman–Crippen LogP) is 2.39. The molecule has 0 saturated carbocycles. The predicted molar refractivity (Wildman–Crippen MR) is 90.2 cm³/mol. The van der Waals surface area contributed by atoms with Crippen LogP contribution in [0.4, 0.5) is 4.79 Å². The topological polar surface area (TPSA) is 96.1 Å². The first-order chi connectivity index (χ1) is 11.6.